The molecule has 3 amide bonds. The summed E-state index contributed by atoms with van der Waals surface area (Å²) in [6.45, 7) is 7.36. The van der Waals surface area contributed by atoms with Crippen molar-refractivity contribution in [2.24, 2.45) is 0 Å². The van der Waals surface area contributed by atoms with Crippen LogP contribution in [0.4, 0.5) is 4.79 Å². The fourth-order valence-electron chi connectivity index (χ4n) is 2.78. The van der Waals surface area contributed by atoms with Crippen LogP contribution in [-0.2, 0) is 20.8 Å². The first-order valence-electron chi connectivity index (χ1n) is 10.4. The van der Waals surface area contributed by atoms with Crippen LogP contribution in [0.15, 0.2) is 61.2 Å². The number of nitrogens with one attached hydrogen (secondary N) is 3. The Bertz CT molecular complexity index is 910. The Balaban J connectivity index is 2.05. The molecular weight excluding hydrogens is 410 g/mol. The summed E-state index contributed by atoms with van der Waals surface area (Å²) in [6.07, 6.45) is 1.66. The van der Waals surface area contributed by atoms with Crippen LogP contribution >= 0.6 is 0 Å². The zero-order valence-corrected chi connectivity index (χ0v) is 18.4. The van der Waals surface area contributed by atoms with Gasteiger partial charge in [-0.2, -0.15) is 0 Å². The molecule has 0 spiro atoms. The molecule has 0 radical (unpaired) electrons. The van der Waals surface area contributed by atoms with Crippen LogP contribution < -0.4 is 16.1 Å². The van der Waals surface area contributed by atoms with Gasteiger partial charge in [-0.25, -0.2) is 10.3 Å². The van der Waals surface area contributed by atoms with Crippen molar-refractivity contribution in [3.63, 3.8) is 0 Å². The Kier molecular flexibility index (Phi) is 9.93. The molecular formula is C24H29N3O5. The first-order chi connectivity index (χ1) is 15.5. The molecule has 0 aliphatic rings. The van der Waals surface area contributed by atoms with Gasteiger partial charge in [0.15, 0.2) is 0 Å². The van der Waals surface area contributed by atoms with E-state index >= 15 is 0 Å². The van der Waals surface area contributed by atoms with E-state index in [9.17, 15) is 14.4 Å². The Morgan fingerprint density at radius 2 is 1.62 bits per heavy atom. The number of hydrogen-bond acceptors (Lipinski definition) is 5. The zero-order chi connectivity index (χ0) is 23.3. The summed E-state index contributed by atoms with van der Waals surface area (Å²) < 4.78 is 4.82. The molecule has 32 heavy (non-hydrogen) atoms. The largest absolute Gasteiger partial charge is 0.445 e. The lowest BCUT2D eigenvalue weighted by atomic mass is 10.0. The monoisotopic (exact) mass is 439 g/mol. The predicted octanol–water partition coefficient (Wildman–Crippen LogP) is 2.99. The molecule has 170 valence electrons. The Hall–Kier alpha value is -3.65. The Morgan fingerprint density at radius 1 is 1.00 bits per heavy atom. The summed E-state index contributed by atoms with van der Waals surface area (Å²) in [5.41, 5.74) is 5.88. The molecule has 0 aliphatic carbocycles. The summed E-state index contributed by atoms with van der Waals surface area (Å²) in [6, 6.07) is 14.2. The first-order valence-corrected chi connectivity index (χ1v) is 10.4. The van der Waals surface area contributed by atoms with Gasteiger partial charge >= 0.3 is 6.09 Å². The molecule has 1 atom stereocenters. The highest BCUT2D eigenvalue weighted by Gasteiger charge is 2.22. The fraction of sp³-hybridized carbons (Fsp3) is 0.292. The molecule has 2 aromatic carbocycles. The minimum absolute atomic E-state index is 0.0293. The van der Waals surface area contributed by atoms with Gasteiger partial charge in [0.2, 0.25) is 0 Å². The van der Waals surface area contributed by atoms with Gasteiger partial charge in [0.25, 0.3) is 11.8 Å². The molecule has 2 rings (SSSR count). The lowest BCUT2D eigenvalue weighted by molar-refractivity contribution is -0.135. The van der Waals surface area contributed by atoms with E-state index in [0.717, 1.165) is 17.5 Å². The highest BCUT2D eigenvalue weighted by Crippen LogP contribution is 2.20. The number of alkyl carbamates (subject to hydrolysis) is 1. The van der Waals surface area contributed by atoms with Crippen LogP contribution in [-0.4, -0.2) is 43.7 Å². The van der Waals surface area contributed by atoms with E-state index in [1.54, 1.807) is 19.1 Å². The second-order valence-corrected chi connectivity index (χ2v) is 6.82. The van der Waals surface area contributed by atoms with Crippen molar-refractivity contribution in [2.45, 2.75) is 26.3 Å². The third-order valence-corrected chi connectivity index (χ3v) is 4.56. The second-order valence-electron chi connectivity index (χ2n) is 6.82. The van der Waals surface area contributed by atoms with Crippen molar-refractivity contribution in [3.05, 3.63) is 72.3 Å². The maximum Gasteiger partial charge on any atom is 0.407 e. The standard InChI is InChI=1S/C24H29N3O5/c1-4-15-31-24(30)25-16-21(23(29)27-32-6-3)26-22(28)20-13-11-19(12-14-20)18-9-7-17(5-2)8-10-18/h4,7-14,21H,1,5-6,15-16H2,2-3H3,(H,25,30)(H,26,28)(H,27,29)/t21-/m0/s1. The van der Waals surface area contributed by atoms with E-state index in [1.807, 2.05) is 24.3 Å². The van der Waals surface area contributed by atoms with Crippen LogP contribution in [0.25, 0.3) is 11.1 Å². The molecule has 0 heterocycles. The van der Waals surface area contributed by atoms with E-state index in [2.05, 4.69) is 41.7 Å². The normalized spacial score (nSPS) is 11.2. The topological polar surface area (TPSA) is 106 Å². The molecule has 2 aromatic rings. The van der Waals surface area contributed by atoms with E-state index in [4.69, 9.17) is 9.57 Å². The number of carbonyl (C=O) groups excluding carboxylic acids is 3. The number of rotatable bonds is 11. The summed E-state index contributed by atoms with van der Waals surface area (Å²) in [7, 11) is 0. The lowest BCUT2D eigenvalue weighted by Crippen LogP contribution is -2.52. The lowest BCUT2D eigenvalue weighted by Gasteiger charge is -2.18. The fourth-order valence-corrected chi connectivity index (χ4v) is 2.78. The minimum Gasteiger partial charge on any atom is -0.445 e. The number of ether oxygens (including phenoxy) is 1. The highest BCUT2D eigenvalue weighted by atomic mass is 16.6. The van der Waals surface area contributed by atoms with E-state index < -0.39 is 23.9 Å². The highest BCUT2D eigenvalue weighted by molar-refractivity contribution is 5.98. The quantitative estimate of drug-likeness (QED) is 0.369. The minimum atomic E-state index is -1.06. The third kappa shape index (κ3) is 7.55. The molecule has 0 fully saturated rings. The van der Waals surface area contributed by atoms with Gasteiger partial charge in [-0.15, -0.1) is 0 Å². The predicted molar refractivity (Wildman–Crippen MR) is 122 cm³/mol. The molecule has 0 aliphatic heterocycles. The maximum atomic E-state index is 12.7. The van der Waals surface area contributed by atoms with Gasteiger partial charge in [0.05, 0.1) is 13.2 Å². The van der Waals surface area contributed by atoms with Crippen molar-refractivity contribution in [2.75, 3.05) is 19.8 Å². The molecule has 8 heteroatoms. The third-order valence-electron chi connectivity index (χ3n) is 4.56. The van der Waals surface area contributed by atoms with Gasteiger partial charge in [-0.05, 0) is 42.2 Å². The first kappa shape index (κ1) is 24.6. The SMILES string of the molecule is C=CCOC(=O)NC[C@H](NC(=O)c1ccc(-c2ccc(CC)cc2)cc1)C(=O)NOCC. The van der Waals surface area contributed by atoms with Crippen molar-refractivity contribution in [1.82, 2.24) is 16.1 Å². The van der Waals surface area contributed by atoms with Gasteiger partial charge in [-0.1, -0.05) is 56.0 Å². The zero-order valence-electron chi connectivity index (χ0n) is 18.4. The molecule has 3 N–H and O–H groups in total. The Labute approximate surface area is 187 Å². The van der Waals surface area contributed by atoms with Crippen molar-refractivity contribution < 1.29 is 24.0 Å². The van der Waals surface area contributed by atoms with Crippen LogP contribution in [0.1, 0.15) is 29.8 Å². The molecule has 0 aromatic heterocycles. The number of carbonyl (C=O) groups is 3. The number of hydroxylamine groups is 1. The number of hydrogen-bond donors (Lipinski definition) is 3. The van der Waals surface area contributed by atoms with Crippen LogP contribution in [0.2, 0.25) is 0 Å². The number of aryl methyl sites for hydroxylation is 1. The molecule has 8 nitrogen and oxygen atoms in total. The van der Waals surface area contributed by atoms with E-state index in [-0.39, 0.29) is 19.8 Å². The summed E-state index contributed by atoms with van der Waals surface area (Å²) in [5, 5.41) is 5.04. The smallest absolute Gasteiger partial charge is 0.407 e. The van der Waals surface area contributed by atoms with E-state index in [1.165, 1.54) is 11.6 Å². The average molecular weight is 440 g/mol. The molecule has 0 saturated heterocycles. The van der Waals surface area contributed by atoms with Gasteiger partial charge in [0.1, 0.15) is 12.6 Å². The number of amides is 3. The second kappa shape index (κ2) is 12.9. The van der Waals surface area contributed by atoms with Crippen molar-refractivity contribution >= 4 is 17.9 Å². The summed E-state index contributed by atoms with van der Waals surface area (Å²) in [5.74, 6) is -1.06. The molecule has 0 unspecified atom stereocenters. The average Bonchev–Trinajstić information content (AvgIpc) is 2.83. The van der Waals surface area contributed by atoms with Crippen LogP contribution in [0.5, 0.6) is 0 Å². The van der Waals surface area contributed by atoms with Crippen molar-refractivity contribution in [1.29, 1.82) is 0 Å². The van der Waals surface area contributed by atoms with Crippen LogP contribution in [0.3, 0.4) is 0 Å². The van der Waals surface area contributed by atoms with Crippen LogP contribution in [0, 0.1) is 0 Å². The summed E-state index contributed by atoms with van der Waals surface area (Å²) >= 11 is 0. The summed E-state index contributed by atoms with van der Waals surface area (Å²) in [4.78, 5) is 41.6. The Morgan fingerprint density at radius 3 is 2.19 bits per heavy atom. The molecule has 0 bridgehead atoms. The van der Waals surface area contributed by atoms with Gasteiger partial charge < -0.3 is 15.4 Å². The van der Waals surface area contributed by atoms with Gasteiger partial charge in [-0.3, -0.25) is 14.4 Å². The molecule has 0 saturated carbocycles. The van der Waals surface area contributed by atoms with Gasteiger partial charge in [0, 0.05) is 5.56 Å². The van der Waals surface area contributed by atoms with E-state index in [0.29, 0.717) is 5.56 Å². The van der Waals surface area contributed by atoms with Crippen molar-refractivity contribution in [3.8, 4) is 11.1 Å². The maximum absolute atomic E-state index is 12.7. The number of benzene rings is 2.